The SMILES string of the molecule is CCN(Cc1ccc(OC)c(F)c1)C(=O)CNCCOC. The molecule has 118 valence electrons. The molecular formula is C15H23FN2O3. The summed E-state index contributed by atoms with van der Waals surface area (Å²) in [4.78, 5) is 13.7. The van der Waals surface area contributed by atoms with E-state index in [4.69, 9.17) is 9.47 Å². The second-order valence-electron chi connectivity index (χ2n) is 4.55. The lowest BCUT2D eigenvalue weighted by atomic mass is 10.2. The van der Waals surface area contributed by atoms with Gasteiger partial charge in [0.15, 0.2) is 11.6 Å². The molecule has 1 aromatic carbocycles. The third-order valence-electron chi connectivity index (χ3n) is 3.08. The van der Waals surface area contributed by atoms with E-state index in [9.17, 15) is 9.18 Å². The molecule has 0 aliphatic heterocycles. The summed E-state index contributed by atoms with van der Waals surface area (Å²) in [5, 5.41) is 3.01. The number of halogens is 1. The number of benzene rings is 1. The van der Waals surface area contributed by atoms with E-state index in [0.29, 0.717) is 26.2 Å². The predicted octanol–water partition coefficient (Wildman–Crippen LogP) is 1.42. The molecule has 21 heavy (non-hydrogen) atoms. The number of hydrogen-bond donors (Lipinski definition) is 1. The zero-order chi connectivity index (χ0) is 15.7. The van der Waals surface area contributed by atoms with Crippen LogP contribution in [0.4, 0.5) is 4.39 Å². The Kier molecular flexibility index (Phi) is 7.71. The zero-order valence-corrected chi connectivity index (χ0v) is 12.8. The van der Waals surface area contributed by atoms with Gasteiger partial charge in [-0.3, -0.25) is 4.79 Å². The van der Waals surface area contributed by atoms with Crippen molar-refractivity contribution in [2.24, 2.45) is 0 Å². The Labute approximate surface area is 125 Å². The first-order chi connectivity index (χ1) is 10.1. The second kappa shape index (κ2) is 9.31. The van der Waals surface area contributed by atoms with Gasteiger partial charge in [0.25, 0.3) is 0 Å². The van der Waals surface area contributed by atoms with E-state index in [1.165, 1.54) is 13.2 Å². The Bertz CT molecular complexity index is 455. The summed E-state index contributed by atoms with van der Waals surface area (Å²) in [6, 6.07) is 4.73. The molecule has 0 fully saturated rings. The van der Waals surface area contributed by atoms with Crippen LogP contribution in [0.2, 0.25) is 0 Å². The molecule has 1 aromatic rings. The second-order valence-corrected chi connectivity index (χ2v) is 4.55. The van der Waals surface area contributed by atoms with Crippen LogP contribution in [0.15, 0.2) is 18.2 Å². The van der Waals surface area contributed by atoms with Crippen LogP contribution in [0.3, 0.4) is 0 Å². The first kappa shape index (κ1) is 17.4. The Morgan fingerprint density at radius 1 is 1.38 bits per heavy atom. The highest BCUT2D eigenvalue weighted by Gasteiger charge is 2.13. The topological polar surface area (TPSA) is 50.8 Å². The number of nitrogens with one attached hydrogen (secondary N) is 1. The molecule has 0 heterocycles. The summed E-state index contributed by atoms with van der Waals surface area (Å²) in [6.45, 7) is 4.27. The standard InChI is InChI=1S/C15H23FN2O3/c1-4-18(15(19)10-17-7-8-20-2)11-12-5-6-14(21-3)13(16)9-12/h5-6,9,17H,4,7-8,10-11H2,1-3H3. The molecule has 0 spiro atoms. The molecule has 0 saturated carbocycles. The molecule has 0 aliphatic carbocycles. The molecular weight excluding hydrogens is 275 g/mol. The fraction of sp³-hybridized carbons (Fsp3) is 0.533. The number of likely N-dealkylation sites (N-methyl/N-ethyl adjacent to an activating group) is 1. The van der Waals surface area contributed by atoms with Crippen molar-refractivity contribution in [2.75, 3.05) is 40.5 Å². The van der Waals surface area contributed by atoms with Gasteiger partial charge in [-0.2, -0.15) is 0 Å². The molecule has 0 saturated heterocycles. The normalized spacial score (nSPS) is 10.5. The molecule has 5 nitrogen and oxygen atoms in total. The maximum atomic E-state index is 13.6. The average Bonchev–Trinajstić information content (AvgIpc) is 2.49. The fourth-order valence-corrected chi connectivity index (χ4v) is 1.89. The monoisotopic (exact) mass is 298 g/mol. The summed E-state index contributed by atoms with van der Waals surface area (Å²) >= 11 is 0. The number of amides is 1. The van der Waals surface area contributed by atoms with Gasteiger partial charge in [0.05, 0.1) is 20.3 Å². The Hall–Kier alpha value is -1.66. The highest BCUT2D eigenvalue weighted by atomic mass is 19.1. The van der Waals surface area contributed by atoms with E-state index in [-0.39, 0.29) is 18.2 Å². The van der Waals surface area contributed by atoms with Crippen LogP contribution in [-0.2, 0) is 16.1 Å². The van der Waals surface area contributed by atoms with E-state index in [2.05, 4.69) is 5.32 Å². The first-order valence-corrected chi connectivity index (χ1v) is 6.92. The lowest BCUT2D eigenvalue weighted by Gasteiger charge is -2.21. The predicted molar refractivity (Wildman–Crippen MR) is 78.8 cm³/mol. The van der Waals surface area contributed by atoms with E-state index >= 15 is 0 Å². The van der Waals surface area contributed by atoms with Crippen molar-refractivity contribution in [1.29, 1.82) is 0 Å². The lowest BCUT2D eigenvalue weighted by molar-refractivity contribution is -0.130. The third-order valence-corrected chi connectivity index (χ3v) is 3.08. The number of ether oxygens (including phenoxy) is 2. The summed E-state index contributed by atoms with van der Waals surface area (Å²) in [6.07, 6.45) is 0. The summed E-state index contributed by atoms with van der Waals surface area (Å²) in [5.74, 6) is -0.240. The van der Waals surface area contributed by atoms with E-state index < -0.39 is 5.82 Å². The quantitative estimate of drug-likeness (QED) is 0.701. The smallest absolute Gasteiger partial charge is 0.236 e. The van der Waals surface area contributed by atoms with Crippen molar-refractivity contribution in [3.63, 3.8) is 0 Å². The fourth-order valence-electron chi connectivity index (χ4n) is 1.89. The highest BCUT2D eigenvalue weighted by Crippen LogP contribution is 2.18. The van der Waals surface area contributed by atoms with Crippen molar-refractivity contribution < 1.29 is 18.7 Å². The molecule has 1 N–H and O–H groups in total. The van der Waals surface area contributed by atoms with Gasteiger partial charge >= 0.3 is 0 Å². The van der Waals surface area contributed by atoms with Gasteiger partial charge in [-0.05, 0) is 24.6 Å². The maximum Gasteiger partial charge on any atom is 0.236 e. The number of carbonyl (C=O) groups is 1. The van der Waals surface area contributed by atoms with Gasteiger partial charge in [0, 0.05) is 26.7 Å². The van der Waals surface area contributed by atoms with Gasteiger partial charge in [0.1, 0.15) is 0 Å². The number of nitrogens with zero attached hydrogens (tertiary/aromatic N) is 1. The van der Waals surface area contributed by atoms with E-state index in [0.717, 1.165) is 5.56 Å². The van der Waals surface area contributed by atoms with Crippen LogP contribution < -0.4 is 10.1 Å². The number of rotatable bonds is 9. The van der Waals surface area contributed by atoms with Crippen molar-refractivity contribution >= 4 is 5.91 Å². The van der Waals surface area contributed by atoms with Crippen LogP contribution >= 0.6 is 0 Å². The summed E-state index contributed by atoms with van der Waals surface area (Å²) in [5.41, 5.74) is 0.736. The number of hydrogen-bond acceptors (Lipinski definition) is 4. The average molecular weight is 298 g/mol. The summed E-state index contributed by atoms with van der Waals surface area (Å²) < 4.78 is 23.4. The Balaban J connectivity index is 2.56. The minimum atomic E-state index is -0.420. The van der Waals surface area contributed by atoms with Crippen molar-refractivity contribution in [2.45, 2.75) is 13.5 Å². The van der Waals surface area contributed by atoms with Crippen LogP contribution in [0, 0.1) is 5.82 Å². The molecule has 0 radical (unpaired) electrons. The highest BCUT2D eigenvalue weighted by molar-refractivity contribution is 5.78. The Morgan fingerprint density at radius 3 is 2.71 bits per heavy atom. The molecule has 1 rings (SSSR count). The molecule has 1 amide bonds. The van der Waals surface area contributed by atoms with Gasteiger partial charge in [-0.15, -0.1) is 0 Å². The van der Waals surface area contributed by atoms with Crippen molar-refractivity contribution in [3.05, 3.63) is 29.6 Å². The minimum absolute atomic E-state index is 0.0233. The lowest BCUT2D eigenvalue weighted by Crippen LogP contribution is -2.38. The van der Waals surface area contributed by atoms with Crippen LogP contribution in [0.1, 0.15) is 12.5 Å². The Morgan fingerprint density at radius 2 is 2.14 bits per heavy atom. The largest absolute Gasteiger partial charge is 0.494 e. The maximum absolute atomic E-state index is 13.6. The summed E-state index contributed by atoms with van der Waals surface area (Å²) in [7, 11) is 3.03. The molecule has 0 aliphatic rings. The first-order valence-electron chi connectivity index (χ1n) is 6.92. The molecule has 0 unspecified atom stereocenters. The van der Waals surface area contributed by atoms with Gasteiger partial charge in [0.2, 0.25) is 5.91 Å². The van der Waals surface area contributed by atoms with Crippen molar-refractivity contribution in [1.82, 2.24) is 10.2 Å². The van der Waals surface area contributed by atoms with Crippen molar-refractivity contribution in [3.8, 4) is 5.75 Å². The van der Waals surface area contributed by atoms with Gasteiger partial charge < -0.3 is 19.7 Å². The zero-order valence-electron chi connectivity index (χ0n) is 12.8. The molecule has 0 atom stereocenters. The minimum Gasteiger partial charge on any atom is -0.494 e. The molecule has 0 aromatic heterocycles. The van der Waals surface area contributed by atoms with Crippen LogP contribution in [0.25, 0.3) is 0 Å². The van der Waals surface area contributed by atoms with Crippen LogP contribution in [-0.4, -0.2) is 51.3 Å². The van der Waals surface area contributed by atoms with E-state index in [1.807, 2.05) is 6.92 Å². The number of methoxy groups -OCH3 is 2. The third kappa shape index (κ3) is 5.69. The van der Waals surface area contributed by atoms with Gasteiger partial charge in [-0.1, -0.05) is 6.07 Å². The molecule has 0 bridgehead atoms. The number of carbonyl (C=O) groups excluding carboxylic acids is 1. The van der Waals surface area contributed by atoms with Gasteiger partial charge in [-0.25, -0.2) is 4.39 Å². The molecule has 6 heteroatoms. The van der Waals surface area contributed by atoms with E-state index in [1.54, 1.807) is 24.1 Å². The van der Waals surface area contributed by atoms with Crippen LogP contribution in [0.5, 0.6) is 5.75 Å².